The lowest BCUT2D eigenvalue weighted by Crippen LogP contribution is -2.25. The van der Waals surface area contributed by atoms with Crippen molar-refractivity contribution in [2.45, 2.75) is 19.4 Å². The van der Waals surface area contributed by atoms with Crippen LogP contribution in [0, 0.1) is 10.1 Å². The maximum absolute atomic E-state index is 12.2. The van der Waals surface area contributed by atoms with Crippen molar-refractivity contribution in [3.05, 3.63) is 63.7 Å². The van der Waals surface area contributed by atoms with E-state index in [1.54, 1.807) is 25.3 Å². The molecule has 1 aliphatic heterocycles. The minimum Gasteiger partial charge on any atom is -0.497 e. The van der Waals surface area contributed by atoms with Gasteiger partial charge in [-0.05, 0) is 25.1 Å². The van der Waals surface area contributed by atoms with Crippen LogP contribution in [0.5, 0.6) is 11.5 Å². The van der Waals surface area contributed by atoms with Gasteiger partial charge in [-0.25, -0.2) is 4.79 Å². The molecule has 0 saturated carbocycles. The molecule has 2 aromatic rings. The van der Waals surface area contributed by atoms with Gasteiger partial charge in [-0.3, -0.25) is 10.1 Å². The summed E-state index contributed by atoms with van der Waals surface area (Å²) in [4.78, 5) is 27.4. The molecule has 0 radical (unpaired) electrons. The zero-order chi connectivity index (χ0) is 18.7. The first-order chi connectivity index (χ1) is 12.5. The lowest BCUT2D eigenvalue weighted by Gasteiger charge is -2.24. The second-order valence-electron chi connectivity index (χ2n) is 5.72. The van der Waals surface area contributed by atoms with Crippen LogP contribution in [0.2, 0.25) is 0 Å². The Labute approximate surface area is 149 Å². The molecule has 0 bridgehead atoms. The van der Waals surface area contributed by atoms with E-state index in [4.69, 9.17) is 14.3 Å². The number of ether oxygens (including phenoxy) is 2. The first-order valence-electron chi connectivity index (χ1n) is 7.85. The van der Waals surface area contributed by atoms with E-state index in [1.165, 1.54) is 18.2 Å². The molecular formula is C18H16N2O6. The molecule has 0 amide bonds. The smallest absolute Gasteiger partial charge is 0.365 e. The summed E-state index contributed by atoms with van der Waals surface area (Å²) in [6.45, 7) is 1.88. The molecule has 134 valence electrons. The first kappa shape index (κ1) is 17.4. The number of carbonyl (C=O) groups excluding carboxylic acids is 1. The SMILES string of the molecule is COc1ccc2c(c1)OC(C)C/C2=N/OC(=O)c1cccc([N+](=O)[O-])c1. The summed E-state index contributed by atoms with van der Waals surface area (Å²) in [5.41, 5.74) is 1.12. The molecule has 1 heterocycles. The molecule has 26 heavy (non-hydrogen) atoms. The second kappa shape index (κ2) is 7.22. The molecule has 1 aliphatic rings. The quantitative estimate of drug-likeness (QED) is 0.473. The Balaban J connectivity index is 1.83. The summed E-state index contributed by atoms with van der Waals surface area (Å²) in [5.74, 6) is 0.467. The molecule has 0 aromatic heterocycles. The van der Waals surface area contributed by atoms with Crippen LogP contribution in [0.1, 0.15) is 29.3 Å². The number of fused-ring (bicyclic) bond motifs is 1. The van der Waals surface area contributed by atoms with Crippen LogP contribution in [0.3, 0.4) is 0 Å². The number of carbonyl (C=O) groups is 1. The maximum atomic E-state index is 12.2. The van der Waals surface area contributed by atoms with Gasteiger partial charge in [-0.15, -0.1) is 0 Å². The molecule has 8 nitrogen and oxygen atoms in total. The van der Waals surface area contributed by atoms with Crippen LogP contribution in [-0.4, -0.2) is 29.8 Å². The van der Waals surface area contributed by atoms with Crippen LogP contribution in [-0.2, 0) is 4.84 Å². The average molecular weight is 356 g/mol. The van der Waals surface area contributed by atoms with Gasteiger partial charge in [0, 0.05) is 30.2 Å². The third-order valence-electron chi connectivity index (χ3n) is 3.84. The van der Waals surface area contributed by atoms with Gasteiger partial charge < -0.3 is 14.3 Å². The van der Waals surface area contributed by atoms with Crippen molar-refractivity contribution in [3.63, 3.8) is 0 Å². The fraction of sp³-hybridized carbons (Fsp3) is 0.222. The molecule has 3 rings (SSSR count). The Bertz CT molecular complexity index is 893. The highest BCUT2D eigenvalue weighted by atomic mass is 16.7. The van der Waals surface area contributed by atoms with Crippen molar-refractivity contribution in [1.82, 2.24) is 0 Å². The Morgan fingerprint density at radius 3 is 2.85 bits per heavy atom. The average Bonchev–Trinajstić information content (AvgIpc) is 2.65. The summed E-state index contributed by atoms with van der Waals surface area (Å²) >= 11 is 0. The fourth-order valence-electron chi connectivity index (χ4n) is 2.59. The summed E-state index contributed by atoms with van der Waals surface area (Å²) in [6.07, 6.45) is 0.312. The largest absolute Gasteiger partial charge is 0.497 e. The molecule has 0 spiro atoms. The van der Waals surface area contributed by atoms with E-state index in [0.29, 0.717) is 29.2 Å². The molecule has 0 N–H and O–H groups in total. The maximum Gasteiger partial charge on any atom is 0.365 e. The topological polar surface area (TPSA) is 100 Å². The van der Waals surface area contributed by atoms with Crippen molar-refractivity contribution < 1.29 is 24.0 Å². The summed E-state index contributed by atoms with van der Waals surface area (Å²) < 4.78 is 10.9. The van der Waals surface area contributed by atoms with Gasteiger partial charge in [0.2, 0.25) is 0 Å². The van der Waals surface area contributed by atoms with E-state index in [1.807, 2.05) is 6.92 Å². The Kier molecular flexibility index (Phi) is 4.83. The number of nitro groups is 1. The highest BCUT2D eigenvalue weighted by Crippen LogP contribution is 2.31. The lowest BCUT2D eigenvalue weighted by atomic mass is 10.0. The van der Waals surface area contributed by atoms with Crippen molar-refractivity contribution in [2.75, 3.05) is 7.11 Å². The minimum absolute atomic E-state index is 0.0543. The number of non-ortho nitro benzene ring substituents is 1. The Hall–Kier alpha value is -3.42. The fourth-order valence-corrected chi connectivity index (χ4v) is 2.59. The van der Waals surface area contributed by atoms with E-state index < -0.39 is 10.9 Å². The second-order valence-corrected chi connectivity index (χ2v) is 5.72. The normalized spacial score (nSPS) is 17.2. The number of oxime groups is 1. The number of hydrogen-bond acceptors (Lipinski definition) is 7. The molecular weight excluding hydrogens is 340 g/mol. The van der Waals surface area contributed by atoms with Crippen LogP contribution >= 0.6 is 0 Å². The molecule has 1 atom stereocenters. The third kappa shape index (κ3) is 3.64. The summed E-state index contributed by atoms with van der Waals surface area (Å²) in [5, 5.41) is 14.8. The van der Waals surface area contributed by atoms with Crippen LogP contribution in [0.4, 0.5) is 5.69 Å². The highest BCUT2D eigenvalue weighted by molar-refractivity contribution is 6.04. The van der Waals surface area contributed by atoms with E-state index in [-0.39, 0.29) is 17.4 Å². The van der Waals surface area contributed by atoms with E-state index >= 15 is 0 Å². The van der Waals surface area contributed by atoms with Gasteiger partial charge in [0.05, 0.1) is 23.3 Å². The standard InChI is InChI=1S/C18H16N2O6/c1-11-8-16(15-7-6-14(24-2)10-17(15)25-11)19-26-18(21)12-4-3-5-13(9-12)20(22)23/h3-7,9-11H,8H2,1-2H3/b19-16-. The first-order valence-corrected chi connectivity index (χ1v) is 7.85. The Morgan fingerprint density at radius 1 is 1.31 bits per heavy atom. The zero-order valence-electron chi connectivity index (χ0n) is 14.2. The molecule has 0 fully saturated rings. The van der Waals surface area contributed by atoms with Crippen molar-refractivity contribution >= 4 is 17.4 Å². The van der Waals surface area contributed by atoms with E-state index in [9.17, 15) is 14.9 Å². The molecule has 2 aromatic carbocycles. The van der Waals surface area contributed by atoms with Crippen molar-refractivity contribution in [2.24, 2.45) is 5.16 Å². The van der Waals surface area contributed by atoms with Crippen molar-refractivity contribution in [1.29, 1.82) is 0 Å². The van der Waals surface area contributed by atoms with E-state index in [2.05, 4.69) is 5.16 Å². The predicted octanol–water partition coefficient (Wildman–Crippen LogP) is 3.34. The summed E-state index contributed by atoms with van der Waals surface area (Å²) in [7, 11) is 1.56. The highest BCUT2D eigenvalue weighted by Gasteiger charge is 2.24. The van der Waals surface area contributed by atoms with Crippen molar-refractivity contribution in [3.8, 4) is 11.5 Å². The predicted molar refractivity (Wildman–Crippen MR) is 92.7 cm³/mol. The monoisotopic (exact) mass is 356 g/mol. The van der Waals surface area contributed by atoms with Crippen LogP contribution in [0.25, 0.3) is 0 Å². The van der Waals surface area contributed by atoms with Gasteiger partial charge in [0.1, 0.15) is 17.6 Å². The number of rotatable bonds is 4. The van der Waals surface area contributed by atoms with Gasteiger partial charge in [0.25, 0.3) is 5.69 Å². The number of nitrogens with zero attached hydrogens (tertiary/aromatic N) is 2. The number of benzene rings is 2. The molecule has 8 heteroatoms. The summed E-state index contributed by atoms with van der Waals surface area (Å²) in [6, 6.07) is 10.6. The van der Waals surface area contributed by atoms with Gasteiger partial charge in [-0.2, -0.15) is 0 Å². The lowest BCUT2D eigenvalue weighted by molar-refractivity contribution is -0.384. The van der Waals surface area contributed by atoms with Crippen LogP contribution < -0.4 is 9.47 Å². The molecule has 1 unspecified atom stereocenters. The molecule has 0 aliphatic carbocycles. The Morgan fingerprint density at radius 2 is 2.12 bits per heavy atom. The van der Waals surface area contributed by atoms with Gasteiger partial charge in [-0.1, -0.05) is 11.2 Å². The van der Waals surface area contributed by atoms with Gasteiger partial charge in [0.15, 0.2) is 0 Å². The zero-order valence-corrected chi connectivity index (χ0v) is 14.2. The van der Waals surface area contributed by atoms with E-state index in [0.717, 1.165) is 6.07 Å². The third-order valence-corrected chi connectivity index (χ3v) is 3.84. The molecule has 0 saturated heterocycles. The number of nitro benzene ring substituents is 1. The minimum atomic E-state index is -0.768. The van der Waals surface area contributed by atoms with Crippen LogP contribution in [0.15, 0.2) is 47.6 Å². The number of methoxy groups -OCH3 is 1. The number of hydrogen-bond donors (Lipinski definition) is 0. The van der Waals surface area contributed by atoms with Gasteiger partial charge >= 0.3 is 5.97 Å².